The second-order valence-corrected chi connectivity index (χ2v) is 21.5. The Morgan fingerprint density at radius 1 is 1.09 bits per heavy atom. The lowest BCUT2D eigenvalue weighted by atomic mass is 9.59. The number of alkyl halides is 1. The van der Waals surface area contributed by atoms with Gasteiger partial charge in [-0.2, -0.15) is 0 Å². The van der Waals surface area contributed by atoms with Crippen LogP contribution in [0.15, 0.2) is 99.7 Å². The molecular formula is C48H59FN8O6S. The Bertz CT molecular complexity index is 2580. The molecule has 2 aromatic heterocycles. The number of pyridine rings is 1. The molecule has 340 valence electrons. The van der Waals surface area contributed by atoms with Crippen LogP contribution in [0.5, 0.6) is 5.75 Å². The highest BCUT2D eigenvalue weighted by atomic mass is 32.2. The number of fused-ring (bicyclic) bond motifs is 2. The van der Waals surface area contributed by atoms with Crippen molar-refractivity contribution in [1.82, 2.24) is 35.1 Å². The van der Waals surface area contributed by atoms with Gasteiger partial charge in [0.25, 0.3) is 15.9 Å². The van der Waals surface area contributed by atoms with Gasteiger partial charge in [0.05, 0.1) is 47.5 Å². The molecule has 7 aliphatic rings. The van der Waals surface area contributed by atoms with Gasteiger partial charge in [-0.1, -0.05) is 38.1 Å². The van der Waals surface area contributed by atoms with Crippen LogP contribution in [-0.2, 0) is 14.8 Å². The van der Waals surface area contributed by atoms with Crippen molar-refractivity contribution in [3.05, 3.63) is 106 Å². The van der Waals surface area contributed by atoms with Crippen LogP contribution >= 0.6 is 0 Å². The third kappa shape index (κ3) is 8.09. The van der Waals surface area contributed by atoms with E-state index in [9.17, 15) is 23.4 Å². The summed E-state index contributed by atoms with van der Waals surface area (Å²) in [7, 11) is -4.64. The van der Waals surface area contributed by atoms with Crippen molar-refractivity contribution in [1.29, 1.82) is 0 Å². The second-order valence-electron chi connectivity index (χ2n) is 19.8. The normalized spacial score (nSPS) is 30.7. The second kappa shape index (κ2) is 16.5. The van der Waals surface area contributed by atoms with Crippen LogP contribution in [0.2, 0.25) is 0 Å². The van der Waals surface area contributed by atoms with Gasteiger partial charge in [0.1, 0.15) is 34.0 Å². The molecule has 5 atom stereocenters. The van der Waals surface area contributed by atoms with Crippen LogP contribution in [0.3, 0.4) is 0 Å². The Labute approximate surface area is 373 Å². The molecule has 1 aromatic carbocycles. The lowest BCUT2D eigenvalue weighted by Gasteiger charge is -2.56. The number of aromatic amines is 1. The van der Waals surface area contributed by atoms with E-state index in [0.29, 0.717) is 61.9 Å². The summed E-state index contributed by atoms with van der Waals surface area (Å²) in [5, 5.41) is 28.3. The van der Waals surface area contributed by atoms with Crippen LogP contribution in [0.4, 0.5) is 4.39 Å². The monoisotopic (exact) mass is 894 g/mol. The number of aliphatic imine (C=N–C) groups is 1. The fourth-order valence-corrected chi connectivity index (χ4v) is 12.9. The van der Waals surface area contributed by atoms with Crippen LogP contribution in [0.1, 0.15) is 95.2 Å². The summed E-state index contributed by atoms with van der Waals surface area (Å²) in [5.74, 6) is -0.340. The Balaban J connectivity index is 0.838. The van der Waals surface area contributed by atoms with Crippen molar-refractivity contribution in [2.24, 2.45) is 16.3 Å². The number of benzene rings is 1. The minimum atomic E-state index is -4.64. The molecule has 1 spiro atoms. The van der Waals surface area contributed by atoms with Gasteiger partial charge >= 0.3 is 0 Å². The van der Waals surface area contributed by atoms with Crippen LogP contribution in [0.25, 0.3) is 11.0 Å². The standard InChI is InChI=1S/C48H59FN8O6S/c1-28(2)33-7-4-5-8-34(33)37-9-6-14-57(37)31-23-48(24-31)11-15-56(16-12-48)38-19-40(63-32-17-30-10-13-50-45(30)52-26-32)35(18-36(38)49)46(59)55-64(61,62)41-20-39(58)42(44-43(41)53-27-54-44)51-25-29-21-47(3,60)22-29/h4-5,7-8,10,13,17-20,26-29,31,36-38,42,44,51,58,60H,6,9,11-12,14-16,21-25H2,1-3H3,(H,50,52)(H,53,54)(H,55,59)/t29-,36?,37-,38?,42?,44?,47+/m0/s1. The number of rotatable bonds is 12. The summed E-state index contributed by atoms with van der Waals surface area (Å²) in [5.41, 5.74) is 2.90. The van der Waals surface area contributed by atoms with Crippen molar-refractivity contribution >= 4 is 33.3 Å². The van der Waals surface area contributed by atoms with E-state index in [0.717, 1.165) is 49.8 Å². The quantitative estimate of drug-likeness (QED) is 0.127. The van der Waals surface area contributed by atoms with E-state index in [1.807, 2.05) is 6.07 Å². The fraction of sp³-hybridized carbons (Fsp3) is 0.521. The number of carbonyl (C=O) groups is 1. The summed E-state index contributed by atoms with van der Waals surface area (Å²) >= 11 is 0. The molecule has 64 heavy (non-hydrogen) atoms. The van der Waals surface area contributed by atoms with Gasteiger partial charge in [0, 0.05) is 23.7 Å². The Morgan fingerprint density at radius 3 is 2.64 bits per heavy atom. The van der Waals surface area contributed by atoms with Crippen molar-refractivity contribution in [2.45, 2.75) is 120 Å². The molecule has 14 nitrogen and oxygen atoms in total. The van der Waals surface area contributed by atoms with Gasteiger partial charge in [0.15, 0.2) is 0 Å². The van der Waals surface area contributed by atoms with Gasteiger partial charge in [-0.3, -0.25) is 14.6 Å². The molecule has 4 fully saturated rings. The number of ether oxygens (including phenoxy) is 1. The van der Waals surface area contributed by atoms with Crippen molar-refractivity contribution in [2.75, 3.05) is 26.2 Å². The molecule has 6 N–H and O–H groups in total. The number of likely N-dealkylation sites (tertiary alicyclic amines) is 2. The first-order chi connectivity index (χ1) is 30.7. The van der Waals surface area contributed by atoms with Crippen LogP contribution in [-0.4, -0.2) is 113 Å². The minimum absolute atomic E-state index is 0.0198. The smallest absolute Gasteiger partial charge is 0.268 e. The fourth-order valence-electron chi connectivity index (χ4n) is 11.7. The maximum absolute atomic E-state index is 16.6. The highest BCUT2D eigenvalue weighted by molar-refractivity contribution is 7.94. The molecule has 0 bridgehead atoms. The molecule has 5 heterocycles. The lowest BCUT2D eigenvalue weighted by molar-refractivity contribution is -0.115. The average molecular weight is 895 g/mol. The number of nitrogens with zero attached hydrogens (tertiary/aromatic N) is 4. The molecule has 3 aliphatic heterocycles. The molecule has 1 amide bonds. The predicted octanol–water partition coefficient (Wildman–Crippen LogP) is 5.91. The van der Waals surface area contributed by atoms with E-state index in [1.165, 1.54) is 36.5 Å². The molecule has 3 aromatic rings. The lowest BCUT2D eigenvalue weighted by Crippen LogP contribution is -2.56. The van der Waals surface area contributed by atoms with Crippen LogP contribution < -0.4 is 20.1 Å². The number of aromatic nitrogens is 2. The van der Waals surface area contributed by atoms with Gasteiger partial charge in [-0.15, -0.1) is 0 Å². The number of piperidine rings is 1. The number of aliphatic hydroxyl groups is 2. The first-order valence-corrected chi connectivity index (χ1v) is 24.4. The van der Waals surface area contributed by atoms with Gasteiger partial charge < -0.3 is 30.6 Å². The minimum Gasteiger partial charge on any atom is -0.511 e. The average Bonchev–Trinajstić information content (AvgIpc) is 4.04. The summed E-state index contributed by atoms with van der Waals surface area (Å²) in [4.78, 5) is 30.4. The Kier molecular flexibility index (Phi) is 11.1. The number of hydrogen-bond acceptors (Lipinski definition) is 12. The Hall–Kier alpha value is -4.87. The maximum Gasteiger partial charge on any atom is 0.268 e. The molecule has 0 radical (unpaired) electrons. The number of allylic oxidation sites excluding steroid dienone is 1. The number of nitrogens with one attached hydrogen (secondary N) is 4. The Morgan fingerprint density at radius 2 is 1.88 bits per heavy atom. The molecule has 2 saturated carbocycles. The van der Waals surface area contributed by atoms with Gasteiger partial charge in [-0.25, -0.2) is 27.5 Å². The van der Waals surface area contributed by atoms with E-state index in [-0.39, 0.29) is 39.0 Å². The zero-order valence-electron chi connectivity index (χ0n) is 36.6. The molecule has 16 heteroatoms. The molecule has 10 rings (SSSR count). The maximum atomic E-state index is 16.6. The third-order valence-electron chi connectivity index (χ3n) is 15.0. The molecule has 4 unspecified atom stereocenters. The number of carbonyl (C=O) groups excluding carboxylic acids is 1. The largest absolute Gasteiger partial charge is 0.511 e. The predicted molar refractivity (Wildman–Crippen MR) is 242 cm³/mol. The highest BCUT2D eigenvalue weighted by Crippen LogP contribution is 2.54. The molecule has 4 aliphatic carbocycles. The zero-order chi connectivity index (χ0) is 44.5. The number of amides is 1. The first-order valence-electron chi connectivity index (χ1n) is 22.9. The van der Waals surface area contributed by atoms with Crippen LogP contribution in [0, 0.1) is 11.3 Å². The summed E-state index contributed by atoms with van der Waals surface area (Å²) in [6.45, 7) is 9.31. The first kappa shape index (κ1) is 43.0. The number of halogens is 1. The highest BCUT2D eigenvalue weighted by Gasteiger charge is 2.51. The summed E-state index contributed by atoms with van der Waals surface area (Å²) < 4.78 is 53.1. The SMILES string of the molecule is CC(C)c1ccccc1[C@@H]1CCCN1C1CC2(CCN(C3C=C(Oc4cnc5[nH]ccc5c4)C(C(=O)NS(=O)(=O)C4=C5N=CNC5C(NC[C@H]5C[C@@](C)(O)C5)C(O)=C4)=CC3F)CC2)C1. The number of hydrogen-bond donors (Lipinski definition) is 6. The zero-order valence-corrected chi connectivity index (χ0v) is 37.5. The van der Waals surface area contributed by atoms with E-state index < -0.39 is 45.8 Å². The number of aliphatic hydroxyl groups excluding tert-OH is 1. The van der Waals surface area contributed by atoms with Crippen molar-refractivity contribution < 1.29 is 32.6 Å². The summed E-state index contributed by atoms with van der Waals surface area (Å²) in [6.07, 6.45) is 14.6. The summed E-state index contributed by atoms with van der Waals surface area (Å²) in [6, 6.07) is 11.3. The van der Waals surface area contributed by atoms with Gasteiger partial charge in [0.2, 0.25) is 0 Å². The number of H-pyrrole nitrogens is 1. The van der Waals surface area contributed by atoms with Crippen molar-refractivity contribution in [3.63, 3.8) is 0 Å². The van der Waals surface area contributed by atoms with E-state index >= 15 is 4.39 Å². The topological polar surface area (TPSA) is 185 Å². The van der Waals surface area contributed by atoms with E-state index in [1.54, 1.807) is 25.3 Å². The third-order valence-corrected chi connectivity index (χ3v) is 16.3. The molecule has 2 saturated heterocycles. The van der Waals surface area contributed by atoms with E-state index in [2.05, 4.69) is 78.2 Å². The molecular weight excluding hydrogens is 836 g/mol. The van der Waals surface area contributed by atoms with E-state index in [4.69, 9.17) is 4.74 Å². The number of sulfonamides is 1. The van der Waals surface area contributed by atoms with Crippen molar-refractivity contribution in [3.8, 4) is 5.75 Å². The van der Waals surface area contributed by atoms with Gasteiger partial charge in [-0.05, 0) is 143 Å².